The van der Waals surface area contributed by atoms with Crippen LogP contribution in [0.15, 0.2) is 18.2 Å². The largest absolute Gasteiger partial charge is 0.495 e. The summed E-state index contributed by atoms with van der Waals surface area (Å²) in [6.45, 7) is 5.21. The quantitative estimate of drug-likeness (QED) is 0.897. The summed E-state index contributed by atoms with van der Waals surface area (Å²) in [7, 11) is 1.70. The van der Waals surface area contributed by atoms with Crippen molar-refractivity contribution in [1.29, 1.82) is 0 Å². The third-order valence-electron chi connectivity index (χ3n) is 3.23. The monoisotopic (exact) mass is 254 g/mol. The lowest BCUT2D eigenvalue weighted by molar-refractivity contribution is 0.406. The van der Waals surface area contributed by atoms with Crippen LogP contribution in [0.3, 0.4) is 0 Å². The van der Waals surface area contributed by atoms with E-state index in [0.29, 0.717) is 6.04 Å². The summed E-state index contributed by atoms with van der Waals surface area (Å²) in [5, 5.41) is 4.26. The Morgan fingerprint density at radius 1 is 1.53 bits per heavy atom. The number of halogens is 1. The fourth-order valence-corrected chi connectivity index (χ4v) is 2.39. The Morgan fingerprint density at radius 2 is 2.35 bits per heavy atom. The SMILES string of the molecule is CCC1CN(c2cc(Cl)ccc2OC)CCN1. The average Bonchev–Trinajstić information content (AvgIpc) is 2.39. The first kappa shape index (κ1) is 12.5. The van der Waals surface area contributed by atoms with E-state index in [0.717, 1.165) is 42.5 Å². The Balaban J connectivity index is 2.22. The van der Waals surface area contributed by atoms with Crippen LogP contribution < -0.4 is 15.0 Å². The van der Waals surface area contributed by atoms with Crippen molar-refractivity contribution < 1.29 is 4.74 Å². The summed E-state index contributed by atoms with van der Waals surface area (Å²) in [6, 6.07) is 6.33. The molecule has 0 spiro atoms. The van der Waals surface area contributed by atoms with Crippen molar-refractivity contribution in [2.24, 2.45) is 0 Å². The van der Waals surface area contributed by atoms with E-state index in [-0.39, 0.29) is 0 Å². The molecule has 3 nitrogen and oxygen atoms in total. The predicted molar refractivity (Wildman–Crippen MR) is 72.3 cm³/mol. The lowest BCUT2D eigenvalue weighted by Gasteiger charge is -2.35. The molecule has 1 aromatic rings. The van der Waals surface area contributed by atoms with Crippen LogP contribution in [-0.2, 0) is 0 Å². The minimum Gasteiger partial charge on any atom is -0.495 e. The molecule has 94 valence electrons. The van der Waals surface area contributed by atoms with Crippen LogP contribution in [-0.4, -0.2) is 32.8 Å². The second kappa shape index (κ2) is 5.61. The highest BCUT2D eigenvalue weighted by Gasteiger charge is 2.20. The molecule has 1 N–H and O–H groups in total. The molecular weight excluding hydrogens is 236 g/mol. The molecule has 0 aromatic heterocycles. The second-order valence-electron chi connectivity index (χ2n) is 4.32. The lowest BCUT2D eigenvalue weighted by atomic mass is 10.1. The fourth-order valence-electron chi connectivity index (χ4n) is 2.23. The zero-order valence-electron chi connectivity index (χ0n) is 10.4. The van der Waals surface area contributed by atoms with E-state index in [4.69, 9.17) is 16.3 Å². The van der Waals surface area contributed by atoms with Gasteiger partial charge in [-0.25, -0.2) is 0 Å². The maximum absolute atomic E-state index is 6.07. The van der Waals surface area contributed by atoms with Crippen LogP contribution in [0.5, 0.6) is 5.75 Å². The second-order valence-corrected chi connectivity index (χ2v) is 4.76. The molecule has 1 aromatic carbocycles. The molecule has 4 heteroatoms. The van der Waals surface area contributed by atoms with Gasteiger partial charge in [0.2, 0.25) is 0 Å². The van der Waals surface area contributed by atoms with Crippen molar-refractivity contribution in [2.75, 3.05) is 31.6 Å². The highest BCUT2D eigenvalue weighted by atomic mass is 35.5. The van der Waals surface area contributed by atoms with Crippen LogP contribution in [0.4, 0.5) is 5.69 Å². The smallest absolute Gasteiger partial charge is 0.142 e. The summed E-state index contributed by atoms with van der Waals surface area (Å²) < 4.78 is 5.40. The minimum atomic E-state index is 0.549. The molecule has 1 fully saturated rings. The van der Waals surface area contributed by atoms with Gasteiger partial charge >= 0.3 is 0 Å². The first-order valence-electron chi connectivity index (χ1n) is 6.06. The van der Waals surface area contributed by atoms with Crippen LogP contribution in [0, 0.1) is 0 Å². The molecule has 0 saturated carbocycles. The Bertz CT molecular complexity index is 384. The molecule has 1 heterocycles. The molecule has 17 heavy (non-hydrogen) atoms. The van der Waals surface area contributed by atoms with Gasteiger partial charge in [0.1, 0.15) is 5.75 Å². The van der Waals surface area contributed by atoms with Crippen molar-refractivity contribution in [1.82, 2.24) is 5.32 Å². The third-order valence-corrected chi connectivity index (χ3v) is 3.46. The average molecular weight is 255 g/mol. The van der Waals surface area contributed by atoms with Crippen molar-refractivity contribution in [3.8, 4) is 5.75 Å². The summed E-state index contributed by atoms with van der Waals surface area (Å²) in [5.74, 6) is 0.895. The van der Waals surface area contributed by atoms with Crippen molar-refractivity contribution >= 4 is 17.3 Å². The third kappa shape index (κ3) is 2.85. The molecule has 0 amide bonds. The molecule has 0 aliphatic carbocycles. The van der Waals surface area contributed by atoms with E-state index < -0.39 is 0 Å². The van der Waals surface area contributed by atoms with Crippen molar-refractivity contribution in [2.45, 2.75) is 19.4 Å². The standard InChI is InChI=1S/C13H19ClN2O/c1-3-11-9-16(7-6-15-11)12-8-10(14)4-5-13(12)17-2/h4-5,8,11,15H,3,6-7,9H2,1-2H3. The number of anilines is 1. The zero-order chi connectivity index (χ0) is 12.3. The van der Waals surface area contributed by atoms with Gasteiger partial charge in [-0.15, -0.1) is 0 Å². The summed E-state index contributed by atoms with van der Waals surface area (Å²) in [6.07, 6.45) is 1.14. The molecule has 1 aliphatic heterocycles. The maximum Gasteiger partial charge on any atom is 0.142 e. The zero-order valence-corrected chi connectivity index (χ0v) is 11.1. The van der Waals surface area contributed by atoms with Gasteiger partial charge in [-0.05, 0) is 24.6 Å². The van der Waals surface area contributed by atoms with E-state index in [2.05, 4.69) is 17.1 Å². The van der Waals surface area contributed by atoms with Gasteiger partial charge in [0.25, 0.3) is 0 Å². The van der Waals surface area contributed by atoms with Gasteiger partial charge in [-0.3, -0.25) is 0 Å². The van der Waals surface area contributed by atoms with E-state index in [1.54, 1.807) is 7.11 Å². The number of benzene rings is 1. The van der Waals surface area contributed by atoms with Crippen LogP contribution in [0.25, 0.3) is 0 Å². The first-order chi connectivity index (χ1) is 8.24. The van der Waals surface area contributed by atoms with Gasteiger partial charge < -0.3 is 15.0 Å². The van der Waals surface area contributed by atoms with Crippen molar-refractivity contribution in [3.05, 3.63) is 23.2 Å². The normalized spacial score (nSPS) is 20.4. The molecule has 1 saturated heterocycles. The number of nitrogens with zero attached hydrogens (tertiary/aromatic N) is 1. The van der Waals surface area contributed by atoms with Crippen LogP contribution >= 0.6 is 11.6 Å². The molecular formula is C13H19ClN2O. The summed E-state index contributed by atoms with van der Waals surface area (Å²) in [4.78, 5) is 2.34. The molecule has 0 radical (unpaired) electrons. The number of rotatable bonds is 3. The molecule has 0 bridgehead atoms. The Hall–Kier alpha value is -0.930. The van der Waals surface area contributed by atoms with E-state index >= 15 is 0 Å². The number of nitrogens with one attached hydrogen (secondary N) is 1. The highest BCUT2D eigenvalue weighted by Crippen LogP contribution is 2.31. The number of hydrogen-bond acceptors (Lipinski definition) is 3. The molecule has 1 unspecified atom stereocenters. The van der Waals surface area contributed by atoms with Gasteiger partial charge in [-0.2, -0.15) is 0 Å². The van der Waals surface area contributed by atoms with E-state index in [1.807, 2.05) is 18.2 Å². The first-order valence-corrected chi connectivity index (χ1v) is 6.44. The summed E-state index contributed by atoms with van der Waals surface area (Å²) in [5.41, 5.74) is 1.10. The topological polar surface area (TPSA) is 24.5 Å². The van der Waals surface area contributed by atoms with Crippen LogP contribution in [0.1, 0.15) is 13.3 Å². The van der Waals surface area contributed by atoms with Crippen LogP contribution in [0.2, 0.25) is 5.02 Å². The van der Waals surface area contributed by atoms with Gasteiger partial charge in [0.05, 0.1) is 12.8 Å². The Morgan fingerprint density at radius 3 is 3.06 bits per heavy atom. The maximum atomic E-state index is 6.07. The van der Waals surface area contributed by atoms with Gasteiger partial charge in [-0.1, -0.05) is 18.5 Å². The van der Waals surface area contributed by atoms with E-state index in [1.165, 1.54) is 0 Å². The predicted octanol–water partition coefficient (Wildman–Crippen LogP) is 2.54. The highest BCUT2D eigenvalue weighted by molar-refractivity contribution is 6.30. The Kier molecular flexibility index (Phi) is 4.13. The number of ether oxygens (including phenoxy) is 1. The number of piperazine rings is 1. The number of hydrogen-bond donors (Lipinski definition) is 1. The Labute approximate surface area is 108 Å². The van der Waals surface area contributed by atoms with Crippen molar-refractivity contribution in [3.63, 3.8) is 0 Å². The van der Waals surface area contributed by atoms with Gasteiger partial charge in [0.15, 0.2) is 0 Å². The molecule has 2 rings (SSSR count). The fraction of sp³-hybridized carbons (Fsp3) is 0.538. The summed E-state index contributed by atoms with van der Waals surface area (Å²) >= 11 is 6.07. The van der Waals surface area contributed by atoms with E-state index in [9.17, 15) is 0 Å². The minimum absolute atomic E-state index is 0.549. The number of methoxy groups -OCH3 is 1. The molecule has 1 atom stereocenters. The lowest BCUT2D eigenvalue weighted by Crippen LogP contribution is -2.50. The molecule has 1 aliphatic rings. The van der Waals surface area contributed by atoms with Gasteiger partial charge in [0, 0.05) is 30.7 Å².